The Morgan fingerprint density at radius 1 is 0.263 bits per heavy atom. The number of allylic oxidation sites excluding steroid dienone is 30. The van der Waals surface area contributed by atoms with Crippen molar-refractivity contribution < 1.29 is 28.6 Å². The molecule has 0 aromatic carbocycles. The number of esters is 3. The van der Waals surface area contributed by atoms with Gasteiger partial charge in [-0.05, 0) is 148 Å². The first-order valence-corrected chi connectivity index (χ1v) is 31.8. The van der Waals surface area contributed by atoms with E-state index in [0.717, 1.165) is 154 Å². The van der Waals surface area contributed by atoms with E-state index in [4.69, 9.17) is 14.2 Å². The molecule has 6 heteroatoms. The fourth-order valence-corrected chi connectivity index (χ4v) is 7.95. The molecule has 6 nitrogen and oxygen atoms in total. The first-order valence-electron chi connectivity index (χ1n) is 31.8. The summed E-state index contributed by atoms with van der Waals surface area (Å²) in [4.78, 5) is 38.2. The molecule has 1 unspecified atom stereocenters. The van der Waals surface area contributed by atoms with Crippen molar-refractivity contribution in [3.05, 3.63) is 182 Å². The van der Waals surface area contributed by atoms with E-state index in [1.165, 1.54) is 44.9 Å². The Bertz CT molecular complexity index is 1890. The Morgan fingerprint density at radius 2 is 0.512 bits per heavy atom. The highest BCUT2D eigenvalue weighted by Crippen LogP contribution is 2.13. The molecule has 0 amide bonds. The quantitative estimate of drug-likeness (QED) is 0.0261. The van der Waals surface area contributed by atoms with Crippen LogP contribution in [0.5, 0.6) is 0 Å². The average Bonchev–Trinajstić information content (AvgIpc) is 3.46. The van der Waals surface area contributed by atoms with E-state index in [0.29, 0.717) is 19.3 Å². The van der Waals surface area contributed by atoms with E-state index in [9.17, 15) is 14.4 Å². The Balaban J connectivity index is 4.44. The summed E-state index contributed by atoms with van der Waals surface area (Å²) in [5.41, 5.74) is 0. The average molecular weight is 1100 g/mol. The molecule has 0 spiro atoms. The van der Waals surface area contributed by atoms with Crippen molar-refractivity contribution in [3.63, 3.8) is 0 Å². The van der Waals surface area contributed by atoms with Gasteiger partial charge in [-0.25, -0.2) is 0 Å². The normalized spacial score (nSPS) is 13.4. The molecule has 0 radical (unpaired) electrons. The molecule has 0 saturated heterocycles. The fraction of sp³-hybridized carbons (Fsp3) is 0.554. The third-order valence-electron chi connectivity index (χ3n) is 12.6. The molecule has 1 atom stereocenters. The molecule has 0 rings (SSSR count). The maximum Gasteiger partial charge on any atom is 0.306 e. The van der Waals surface area contributed by atoms with Crippen LogP contribution in [0.1, 0.15) is 245 Å². The number of rotatable bonds is 55. The number of unbranched alkanes of at least 4 members (excludes halogenated alkanes) is 14. The Morgan fingerprint density at radius 3 is 0.825 bits per heavy atom. The summed E-state index contributed by atoms with van der Waals surface area (Å²) in [5, 5.41) is 0. The van der Waals surface area contributed by atoms with Crippen molar-refractivity contribution in [2.75, 3.05) is 13.2 Å². The van der Waals surface area contributed by atoms with E-state index >= 15 is 0 Å². The van der Waals surface area contributed by atoms with Crippen LogP contribution in [0.4, 0.5) is 0 Å². The first-order chi connectivity index (χ1) is 39.5. The summed E-state index contributed by atoms with van der Waals surface area (Å²) in [6, 6.07) is 0. The van der Waals surface area contributed by atoms with Gasteiger partial charge in [-0.2, -0.15) is 0 Å². The highest BCUT2D eigenvalue weighted by molar-refractivity contribution is 5.71. The second-order valence-corrected chi connectivity index (χ2v) is 20.2. The molecule has 0 fully saturated rings. The molecule has 0 N–H and O–H groups in total. The molecule has 0 bridgehead atoms. The van der Waals surface area contributed by atoms with Gasteiger partial charge >= 0.3 is 17.9 Å². The van der Waals surface area contributed by atoms with Crippen molar-refractivity contribution in [1.82, 2.24) is 0 Å². The zero-order valence-corrected chi connectivity index (χ0v) is 51.0. The second kappa shape index (κ2) is 66.0. The van der Waals surface area contributed by atoms with Gasteiger partial charge in [0, 0.05) is 19.3 Å². The summed E-state index contributed by atoms with van der Waals surface area (Å²) in [5.74, 6) is -1.04. The van der Waals surface area contributed by atoms with Gasteiger partial charge in [-0.15, -0.1) is 0 Å². The van der Waals surface area contributed by atoms with Crippen LogP contribution in [0, 0.1) is 0 Å². The molecule has 80 heavy (non-hydrogen) atoms. The fourth-order valence-electron chi connectivity index (χ4n) is 7.95. The van der Waals surface area contributed by atoms with E-state index in [1.807, 2.05) is 12.2 Å². The molecule has 0 aliphatic rings. The SMILES string of the molecule is CC/C=C\C/C=C\C/C=C\C/C=C\C/C=C\C/C=C\C/C=C\C/C=C\CCCCCCCCC(=O)OCC(COC(=O)CCCCCCC/C=C\CCCCC)OC(=O)CC/C=C\C/C=C\C/C=C\C/C=C\C/C=C\C/C=C\CC. The minimum Gasteiger partial charge on any atom is -0.462 e. The third kappa shape index (κ3) is 63.3. The minimum absolute atomic E-state index is 0.126. The van der Waals surface area contributed by atoms with Gasteiger partial charge in [-0.1, -0.05) is 261 Å². The summed E-state index contributed by atoms with van der Waals surface area (Å²) in [6.07, 6.45) is 99.1. The van der Waals surface area contributed by atoms with Gasteiger partial charge < -0.3 is 14.2 Å². The molecule has 446 valence electrons. The second-order valence-electron chi connectivity index (χ2n) is 20.2. The molecular weight excluding hydrogens is 985 g/mol. The molecular formula is C74H114O6. The lowest BCUT2D eigenvalue weighted by atomic mass is 10.1. The maximum absolute atomic E-state index is 12.9. The number of ether oxygens (including phenoxy) is 3. The van der Waals surface area contributed by atoms with E-state index in [1.54, 1.807) is 0 Å². The first kappa shape index (κ1) is 74.5. The van der Waals surface area contributed by atoms with Gasteiger partial charge in [-0.3, -0.25) is 14.4 Å². The zero-order valence-electron chi connectivity index (χ0n) is 51.0. The lowest BCUT2D eigenvalue weighted by Crippen LogP contribution is -2.30. The van der Waals surface area contributed by atoms with Crippen molar-refractivity contribution in [2.24, 2.45) is 0 Å². The van der Waals surface area contributed by atoms with Crippen LogP contribution in [-0.4, -0.2) is 37.2 Å². The van der Waals surface area contributed by atoms with Crippen LogP contribution in [-0.2, 0) is 28.6 Å². The van der Waals surface area contributed by atoms with Crippen molar-refractivity contribution >= 4 is 17.9 Å². The molecule has 0 aromatic rings. The number of carbonyl (C=O) groups excluding carboxylic acids is 3. The van der Waals surface area contributed by atoms with E-state index in [2.05, 4.69) is 191 Å². The van der Waals surface area contributed by atoms with Gasteiger partial charge in [0.15, 0.2) is 6.10 Å². The van der Waals surface area contributed by atoms with Crippen LogP contribution < -0.4 is 0 Å². The van der Waals surface area contributed by atoms with Gasteiger partial charge in [0.25, 0.3) is 0 Å². The van der Waals surface area contributed by atoms with Crippen molar-refractivity contribution in [3.8, 4) is 0 Å². The largest absolute Gasteiger partial charge is 0.462 e. The van der Waals surface area contributed by atoms with Crippen LogP contribution in [0.2, 0.25) is 0 Å². The maximum atomic E-state index is 12.9. The van der Waals surface area contributed by atoms with Crippen LogP contribution in [0.25, 0.3) is 0 Å². The minimum atomic E-state index is -0.839. The molecule has 0 aromatic heterocycles. The zero-order chi connectivity index (χ0) is 57.8. The predicted octanol–water partition coefficient (Wildman–Crippen LogP) is 22.0. The number of hydrogen-bond acceptors (Lipinski definition) is 6. The van der Waals surface area contributed by atoms with E-state index < -0.39 is 12.1 Å². The Labute approximate surface area is 491 Å². The molecule has 0 saturated carbocycles. The smallest absolute Gasteiger partial charge is 0.306 e. The summed E-state index contributed by atoms with van der Waals surface area (Å²) in [6.45, 7) is 6.29. The van der Waals surface area contributed by atoms with Crippen LogP contribution in [0.3, 0.4) is 0 Å². The summed E-state index contributed by atoms with van der Waals surface area (Å²) >= 11 is 0. The van der Waals surface area contributed by atoms with Gasteiger partial charge in [0.05, 0.1) is 0 Å². The standard InChI is InChI=1S/C74H114O6/c1-4-7-10-13-16-19-22-25-27-29-31-32-33-34-35-36-37-38-39-40-41-42-44-45-47-49-52-55-58-61-64-67-73(76)79-70-71(69-78-72(75)66-63-60-57-54-51-24-21-18-15-12-9-6-3)80-74(77)68-65-62-59-56-53-50-48-46-43-30-28-26-23-20-17-14-11-8-5-2/h7-8,10-11,16-21,25-28,31-32,34-35,37-38,40-41,43-46,50,53,59,62,71H,4-6,9,12-15,22-24,29-30,33,36,39,42,47-49,51-52,54-58,60-61,63-70H2,1-3H3/b10-7-,11-8-,19-16-,20-17-,21-18-,27-25-,28-26-,32-31-,35-34-,38-37-,41-40-,45-44-,46-43-,53-50-,62-59-. The summed E-state index contributed by atoms with van der Waals surface area (Å²) in [7, 11) is 0. The highest BCUT2D eigenvalue weighted by atomic mass is 16.6. The van der Waals surface area contributed by atoms with E-state index in [-0.39, 0.29) is 31.6 Å². The molecule has 0 heterocycles. The Kier molecular flexibility index (Phi) is 61.5. The monoisotopic (exact) mass is 1100 g/mol. The topological polar surface area (TPSA) is 78.9 Å². The number of carbonyl (C=O) groups is 3. The van der Waals surface area contributed by atoms with Crippen LogP contribution >= 0.6 is 0 Å². The lowest BCUT2D eigenvalue weighted by Gasteiger charge is -2.18. The molecule has 0 aliphatic heterocycles. The van der Waals surface area contributed by atoms with Gasteiger partial charge in [0.2, 0.25) is 0 Å². The lowest BCUT2D eigenvalue weighted by molar-refractivity contribution is -0.166. The van der Waals surface area contributed by atoms with Crippen molar-refractivity contribution in [2.45, 2.75) is 252 Å². The number of hydrogen-bond donors (Lipinski definition) is 0. The highest BCUT2D eigenvalue weighted by Gasteiger charge is 2.19. The Hall–Kier alpha value is -5.49. The van der Waals surface area contributed by atoms with Crippen molar-refractivity contribution in [1.29, 1.82) is 0 Å². The van der Waals surface area contributed by atoms with Crippen LogP contribution in [0.15, 0.2) is 182 Å². The summed E-state index contributed by atoms with van der Waals surface area (Å²) < 4.78 is 16.8. The van der Waals surface area contributed by atoms with Gasteiger partial charge in [0.1, 0.15) is 13.2 Å². The molecule has 0 aliphatic carbocycles. The third-order valence-corrected chi connectivity index (χ3v) is 12.6. The predicted molar refractivity (Wildman–Crippen MR) is 348 cm³/mol.